The molecule has 0 aliphatic heterocycles. The van der Waals surface area contributed by atoms with Gasteiger partial charge in [0.15, 0.2) is 0 Å². The zero-order chi connectivity index (χ0) is 23.9. The van der Waals surface area contributed by atoms with Gasteiger partial charge < -0.3 is 5.32 Å². The first-order chi connectivity index (χ1) is 14.8. The van der Waals surface area contributed by atoms with Crippen LogP contribution in [0.15, 0.2) is 58.0 Å². The molecule has 0 aliphatic carbocycles. The molecule has 1 aromatic heterocycles. The third kappa shape index (κ3) is 4.37. The average Bonchev–Trinajstić information content (AvgIpc) is 3.23. The quantitative estimate of drug-likeness (QED) is 0.362. The van der Waals surface area contributed by atoms with Crippen LogP contribution in [0.4, 0.5) is 36.4 Å². The standard InChI is InChI=1S/C18H9Br2F7N4O/c19-12-5-10(16(21,17(22,23)24)18(25,26)27)6-13(20)14(12)30-15(32)9-1-3-11(4-2-9)31-8-28-7-29-31/h1-8H,(H,30,32). The molecule has 0 radical (unpaired) electrons. The summed E-state index contributed by atoms with van der Waals surface area (Å²) in [6, 6.07) is 6.55. The first-order valence-corrected chi connectivity index (χ1v) is 9.92. The van der Waals surface area contributed by atoms with Crippen LogP contribution in [0.25, 0.3) is 5.69 Å². The lowest BCUT2D eigenvalue weighted by Gasteiger charge is -2.31. The molecule has 3 rings (SSSR count). The summed E-state index contributed by atoms with van der Waals surface area (Å²) in [5.41, 5.74) is -6.78. The average molecular weight is 590 g/mol. The fourth-order valence-electron chi connectivity index (χ4n) is 2.67. The number of alkyl halides is 7. The largest absolute Gasteiger partial charge is 0.435 e. The Morgan fingerprint density at radius 1 is 0.906 bits per heavy atom. The number of rotatable bonds is 4. The van der Waals surface area contributed by atoms with Crippen LogP contribution in [0, 0.1) is 0 Å². The van der Waals surface area contributed by atoms with Crippen molar-refractivity contribution in [3.63, 3.8) is 0 Å². The van der Waals surface area contributed by atoms with E-state index in [9.17, 15) is 35.5 Å². The van der Waals surface area contributed by atoms with Gasteiger partial charge in [-0.05, 0) is 68.3 Å². The molecule has 0 fully saturated rings. The maximum atomic E-state index is 14.3. The van der Waals surface area contributed by atoms with Crippen LogP contribution in [0.5, 0.6) is 0 Å². The van der Waals surface area contributed by atoms with Crippen molar-refractivity contribution in [1.29, 1.82) is 0 Å². The number of nitrogens with one attached hydrogen (secondary N) is 1. The number of benzene rings is 2. The van der Waals surface area contributed by atoms with E-state index >= 15 is 0 Å². The number of amides is 1. The molecular formula is C18H9Br2F7N4O. The van der Waals surface area contributed by atoms with Gasteiger partial charge in [0.05, 0.1) is 11.4 Å². The van der Waals surface area contributed by atoms with Gasteiger partial charge in [-0.25, -0.2) is 14.1 Å². The number of aromatic nitrogens is 3. The molecule has 0 saturated carbocycles. The Bertz CT molecular complexity index is 1090. The summed E-state index contributed by atoms with van der Waals surface area (Å²) in [6.07, 6.45) is -9.79. The number of carbonyl (C=O) groups excluding carboxylic acids is 1. The van der Waals surface area contributed by atoms with E-state index in [2.05, 4.69) is 47.3 Å². The third-order valence-corrected chi connectivity index (χ3v) is 5.52. The van der Waals surface area contributed by atoms with Crippen molar-refractivity contribution >= 4 is 43.5 Å². The fourth-order valence-corrected chi connectivity index (χ4v) is 4.06. The molecule has 1 heterocycles. The van der Waals surface area contributed by atoms with Gasteiger partial charge in [0.2, 0.25) is 0 Å². The van der Waals surface area contributed by atoms with Gasteiger partial charge in [-0.1, -0.05) is 0 Å². The topological polar surface area (TPSA) is 59.8 Å². The van der Waals surface area contributed by atoms with Gasteiger partial charge in [-0.2, -0.15) is 31.4 Å². The molecule has 170 valence electrons. The first-order valence-electron chi connectivity index (χ1n) is 8.34. The smallest absolute Gasteiger partial charge is 0.320 e. The molecule has 5 nitrogen and oxygen atoms in total. The summed E-state index contributed by atoms with van der Waals surface area (Å²) in [7, 11) is 0. The molecule has 3 aromatic rings. The highest BCUT2D eigenvalue weighted by Gasteiger charge is 2.73. The van der Waals surface area contributed by atoms with Gasteiger partial charge in [-0.15, -0.1) is 0 Å². The van der Waals surface area contributed by atoms with Crippen LogP contribution < -0.4 is 5.32 Å². The summed E-state index contributed by atoms with van der Waals surface area (Å²) >= 11 is 5.60. The number of hydrogen-bond donors (Lipinski definition) is 1. The summed E-state index contributed by atoms with van der Waals surface area (Å²) in [5.74, 6) is -0.720. The van der Waals surface area contributed by atoms with Crippen LogP contribution in [-0.2, 0) is 5.67 Å². The molecule has 0 saturated heterocycles. The van der Waals surface area contributed by atoms with Crippen LogP contribution >= 0.6 is 31.9 Å². The molecule has 0 atom stereocenters. The monoisotopic (exact) mass is 588 g/mol. The minimum Gasteiger partial charge on any atom is -0.320 e. The van der Waals surface area contributed by atoms with Gasteiger partial charge in [-0.3, -0.25) is 4.79 Å². The Labute approximate surface area is 191 Å². The number of halogens is 9. The first kappa shape index (κ1) is 24.2. The molecular weight excluding hydrogens is 581 g/mol. The SMILES string of the molecule is O=C(Nc1c(Br)cc(C(F)(C(F)(F)F)C(F)(F)F)cc1Br)c1ccc(-n2cncn2)cc1. The van der Waals surface area contributed by atoms with E-state index in [1.165, 1.54) is 29.5 Å². The number of nitrogens with zero attached hydrogens (tertiary/aromatic N) is 3. The molecule has 0 spiro atoms. The van der Waals surface area contributed by atoms with E-state index in [1.54, 1.807) is 12.1 Å². The summed E-state index contributed by atoms with van der Waals surface area (Å²) < 4.78 is 93.0. The maximum Gasteiger partial charge on any atom is 0.435 e. The Balaban J connectivity index is 1.91. The summed E-state index contributed by atoms with van der Waals surface area (Å²) in [5, 5.41) is 6.27. The van der Waals surface area contributed by atoms with Crippen molar-refractivity contribution in [2.75, 3.05) is 5.32 Å². The van der Waals surface area contributed by atoms with E-state index in [-0.39, 0.29) is 11.3 Å². The van der Waals surface area contributed by atoms with Crippen molar-refractivity contribution in [3.8, 4) is 5.69 Å². The van der Waals surface area contributed by atoms with Crippen molar-refractivity contribution < 1.29 is 35.5 Å². The van der Waals surface area contributed by atoms with E-state index in [0.29, 0.717) is 17.8 Å². The van der Waals surface area contributed by atoms with E-state index in [0.717, 1.165) is 0 Å². The van der Waals surface area contributed by atoms with E-state index in [4.69, 9.17) is 0 Å². The van der Waals surface area contributed by atoms with Crippen LogP contribution in [0.3, 0.4) is 0 Å². The van der Waals surface area contributed by atoms with Gasteiger partial charge >= 0.3 is 18.0 Å². The highest BCUT2D eigenvalue weighted by atomic mass is 79.9. The minimum atomic E-state index is -6.26. The van der Waals surface area contributed by atoms with Crippen molar-refractivity contribution in [2.24, 2.45) is 0 Å². The maximum absolute atomic E-state index is 14.3. The zero-order valence-electron chi connectivity index (χ0n) is 15.3. The fraction of sp³-hybridized carbons (Fsp3) is 0.167. The second-order valence-corrected chi connectivity index (χ2v) is 8.02. The Kier molecular flexibility index (Phi) is 6.39. The van der Waals surface area contributed by atoms with E-state index < -0.39 is 38.4 Å². The second kappa shape index (κ2) is 8.46. The summed E-state index contributed by atoms with van der Waals surface area (Å²) in [4.78, 5) is 16.3. The number of carbonyl (C=O) groups is 1. The van der Waals surface area contributed by atoms with Gasteiger partial charge in [0.25, 0.3) is 5.91 Å². The molecule has 0 unspecified atom stereocenters. The van der Waals surface area contributed by atoms with E-state index in [1.807, 2.05) is 0 Å². The third-order valence-electron chi connectivity index (χ3n) is 4.27. The highest BCUT2D eigenvalue weighted by molar-refractivity contribution is 9.11. The second-order valence-electron chi connectivity index (χ2n) is 6.31. The highest BCUT2D eigenvalue weighted by Crippen LogP contribution is 2.54. The van der Waals surface area contributed by atoms with Crippen molar-refractivity contribution in [3.05, 3.63) is 69.1 Å². The zero-order valence-corrected chi connectivity index (χ0v) is 18.4. The van der Waals surface area contributed by atoms with Crippen LogP contribution in [0.2, 0.25) is 0 Å². The van der Waals surface area contributed by atoms with Crippen molar-refractivity contribution in [2.45, 2.75) is 18.0 Å². The lowest BCUT2D eigenvalue weighted by molar-refractivity contribution is -0.348. The lowest BCUT2D eigenvalue weighted by Crippen LogP contribution is -2.50. The Morgan fingerprint density at radius 2 is 1.44 bits per heavy atom. The minimum absolute atomic E-state index is 0.127. The molecule has 14 heteroatoms. The van der Waals surface area contributed by atoms with Crippen LogP contribution in [-0.4, -0.2) is 33.0 Å². The lowest BCUT2D eigenvalue weighted by atomic mass is 9.94. The van der Waals surface area contributed by atoms with Gasteiger partial charge in [0, 0.05) is 20.1 Å². The Morgan fingerprint density at radius 3 is 1.88 bits per heavy atom. The predicted octanol–water partition coefficient (Wildman–Crippen LogP) is 6.33. The number of anilines is 1. The normalized spacial score (nSPS) is 12.7. The molecule has 1 amide bonds. The van der Waals surface area contributed by atoms with Gasteiger partial charge in [0.1, 0.15) is 12.7 Å². The molecule has 2 aromatic carbocycles. The van der Waals surface area contributed by atoms with Crippen LogP contribution in [0.1, 0.15) is 15.9 Å². The predicted molar refractivity (Wildman–Crippen MR) is 106 cm³/mol. The Hall–Kier alpha value is -2.48. The molecule has 0 aliphatic rings. The summed E-state index contributed by atoms with van der Waals surface area (Å²) in [6.45, 7) is 0. The number of hydrogen-bond acceptors (Lipinski definition) is 3. The molecule has 1 N–H and O–H groups in total. The van der Waals surface area contributed by atoms with Crippen molar-refractivity contribution in [1.82, 2.24) is 14.8 Å². The molecule has 0 bridgehead atoms. The molecule has 32 heavy (non-hydrogen) atoms.